The van der Waals surface area contributed by atoms with Crippen molar-refractivity contribution in [3.8, 4) is 11.5 Å². The average Bonchev–Trinajstić information content (AvgIpc) is 3.09. The minimum Gasteiger partial charge on any atom is -0.497 e. The van der Waals surface area contributed by atoms with Crippen LogP contribution in [0.3, 0.4) is 0 Å². The molecule has 0 saturated heterocycles. The fraction of sp³-hybridized carbons (Fsp3) is 0.263. The van der Waals surface area contributed by atoms with E-state index in [0.29, 0.717) is 18.3 Å². The Balaban J connectivity index is 1.49. The molecule has 0 aliphatic heterocycles. The fourth-order valence-electron chi connectivity index (χ4n) is 2.42. The van der Waals surface area contributed by atoms with Crippen molar-refractivity contribution in [2.24, 2.45) is 0 Å². The second-order valence-electron chi connectivity index (χ2n) is 5.87. The SMILES string of the molecule is COc1ccc(OCc2noc(CN(C)Cc3ccc(Br)cc3)n2)cc1. The van der Waals surface area contributed by atoms with E-state index in [1.165, 1.54) is 5.56 Å². The molecule has 0 radical (unpaired) electrons. The zero-order chi connectivity index (χ0) is 18.4. The lowest BCUT2D eigenvalue weighted by Crippen LogP contribution is -2.17. The number of nitrogens with zero attached hydrogens (tertiary/aromatic N) is 3. The van der Waals surface area contributed by atoms with Crippen LogP contribution in [0.15, 0.2) is 57.5 Å². The second-order valence-corrected chi connectivity index (χ2v) is 6.78. The second kappa shape index (κ2) is 8.82. The standard InChI is InChI=1S/C19H20BrN3O3/c1-23(11-14-3-5-15(20)6-4-14)12-19-21-18(22-26-19)13-25-17-9-7-16(24-2)8-10-17/h3-10H,11-13H2,1-2H3. The molecular formula is C19H20BrN3O3. The molecule has 0 N–H and O–H groups in total. The van der Waals surface area contributed by atoms with Crippen molar-refractivity contribution >= 4 is 15.9 Å². The first-order chi connectivity index (χ1) is 12.6. The molecule has 26 heavy (non-hydrogen) atoms. The molecule has 3 aromatic rings. The maximum absolute atomic E-state index is 5.66. The Morgan fingerprint density at radius 3 is 2.38 bits per heavy atom. The molecule has 0 fully saturated rings. The van der Waals surface area contributed by atoms with Crippen molar-refractivity contribution in [2.75, 3.05) is 14.2 Å². The highest BCUT2D eigenvalue weighted by Crippen LogP contribution is 2.18. The molecule has 0 unspecified atom stereocenters. The van der Waals surface area contributed by atoms with Crippen molar-refractivity contribution < 1.29 is 14.0 Å². The Morgan fingerprint density at radius 2 is 1.69 bits per heavy atom. The molecule has 0 atom stereocenters. The summed E-state index contributed by atoms with van der Waals surface area (Å²) < 4.78 is 17.2. The molecule has 0 aliphatic rings. The van der Waals surface area contributed by atoms with E-state index in [1.807, 2.05) is 43.4 Å². The van der Waals surface area contributed by atoms with E-state index in [4.69, 9.17) is 14.0 Å². The molecule has 0 aliphatic carbocycles. The maximum atomic E-state index is 5.66. The molecule has 0 saturated carbocycles. The van der Waals surface area contributed by atoms with Crippen LogP contribution in [0.2, 0.25) is 0 Å². The molecule has 2 aromatic carbocycles. The smallest absolute Gasteiger partial charge is 0.240 e. The molecule has 0 spiro atoms. The van der Waals surface area contributed by atoms with Gasteiger partial charge in [-0.3, -0.25) is 4.90 Å². The highest BCUT2D eigenvalue weighted by Gasteiger charge is 2.10. The van der Waals surface area contributed by atoms with Crippen LogP contribution in [0.1, 0.15) is 17.3 Å². The lowest BCUT2D eigenvalue weighted by Gasteiger charge is -2.14. The summed E-state index contributed by atoms with van der Waals surface area (Å²) in [4.78, 5) is 6.49. The lowest BCUT2D eigenvalue weighted by atomic mass is 10.2. The van der Waals surface area contributed by atoms with Crippen LogP contribution in [0.25, 0.3) is 0 Å². The van der Waals surface area contributed by atoms with E-state index in [0.717, 1.165) is 22.5 Å². The number of methoxy groups -OCH3 is 1. The van der Waals surface area contributed by atoms with Gasteiger partial charge in [0, 0.05) is 11.0 Å². The molecule has 0 bridgehead atoms. The number of hydrogen-bond donors (Lipinski definition) is 0. The van der Waals surface area contributed by atoms with Gasteiger partial charge in [0.05, 0.1) is 13.7 Å². The van der Waals surface area contributed by atoms with Crippen molar-refractivity contribution in [2.45, 2.75) is 19.7 Å². The quantitative estimate of drug-likeness (QED) is 0.550. The van der Waals surface area contributed by atoms with Crippen LogP contribution in [0.5, 0.6) is 11.5 Å². The zero-order valence-corrected chi connectivity index (χ0v) is 16.3. The van der Waals surface area contributed by atoms with Crippen LogP contribution < -0.4 is 9.47 Å². The van der Waals surface area contributed by atoms with Gasteiger partial charge in [0.15, 0.2) is 6.61 Å². The zero-order valence-electron chi connectivity index (χ0n) is 14.7. The summed E-state index contributed by atoms with van der Waals surface area (Å²) in [7, 11) is 3.64. The molecule has 1 heterocycles. The highest BCUT2D eigenvalue weighted by atomic mass is 79.9. The Kier molecular flexibility index (Phi) is 6.25. The van der Waals surface area contributed by atoms with Crippen molar-refractivity contribution in [3.05, 3.63) is 70.3 Å². The first-order valence-electron chi connectivity index (χ1n) is 8.13. The fourth-order valence-corrected chi connectivity index (χ4v) is 2.69. The largest absolute Gasteiger partial charge is 0.497 e. The third kappa shape index (κ3) is 5.31. The molecule has 6 nitrogen and oxygen atoms in total. The van der Waals surface area contributed by atoms with E-state index in [1.54, 1.807) is 7.11 Å². The van der Waals surface area contributed by atoms with Gasteiger partial charge >= 0.3 is 0 Å². The Hall–Kier alpha value is -2.38. The lowest BCUT2D eigenvalue weighted by molar-refractivity contribution is 0.256. The van der Waals surface area contributed by atoms with Crippen LogP contribution in [0, 0.1) is 0 Å². The number of benzene rings is 2. The molecule has 7 heteroatoms. The van der Waals surface area contributed by atoms with Gasteiger partial charge in [-0.2, -0.15) is 4.98 Å². The van der Waals surface area contributed by atoms with Crippen molar-refractivity contribution in [3.63, 3.8) is 0 Å². The number of hydrogen-bond acceptors (Lipinski definition) is 6. The Morgan fingerprint density at radius 1 is 1.00 bits per heavy atom. The predicted octanol–water partition coefficient (Wildman–Crippen LogP) is 4.05. The topological polar surface area (TPSA) is 60.6 Å². The normalized spacial score (nSPS) is 10.9. The maximum Gasteiger partial charge on any atom is 0.240 e. The van der Waals surface area contributed by atoms with Crippen LogP contribution in [-0.4, -0.2) is 29.2 Å². The summed E-state index contributed by atoms with van der Waals surface area (Å²) >= 11 is 3.44. The van der Waals surface area contributed by atoms with Gasteiger partial charge in [-0.15, -0.1) is 0 Å². The number of rotatable bonds is 8. The highest BCUT2D eigenvalue weighted by molar-refractivity contribution is 9.10. The van der Waals surface area contributed by atoms with Gasteiger partial charge in [-0.25, -0.2) is 0 Å². The van der Waals surface area contributed by atoms with Gasteiger partial charge in [-0.1, -0.05) is 33.2 Å². The van der Waals surface area contributed by atoms with Gasteiger partial charge in [-0.05, 0) is 49.0 Å². The van der Waals surface area contributed by atoms with E-state index in [2.05, 4.69) is 43.1 Å². The predicted molar refractivity (Wildman–Crippen MR) is 101 cm³/mol. The van der Waals surface area contributed by atoms with Crippen LogP contribution in [-0.2, 0) is 19.7 Å². The molecule has 0 amide bonds. The van der Waals surface area contributed by atoms with E-state index >= 15 is 0 Å². The summed E-state index contributed by atoms with van der Waals surface area (Å²) in [5, 5.41) is 3.97. The summed E-state index contributed by atoms with van der Waals surface area (Å²) in [6.45, 7) is 1.63. The number of ether oxygens (including phenoxy) is 2. The van der Waals surface area contributed by atoms with Gasteiger partial charge in [0.25, 0.3) is 0 Å². The Bertz CT molecular complexity index is 819. The van der Waals surface area contributed by atoms with Crippen molar-refractivity contribution in [1.82, 2.24) is 15.0 Å². The van der Waals surface area contributed by atoms with E-state index in [-0.39, 0.29) is 6.61 Å². The third-order valence-corrected chi connectivity index (χ3v) is 4.24. The summed E-state index contributed by atoms with van der Waals surface area (Å²) in [5.41, 5.74) is 1.22. The monoisotopic (exact) mass is 417 g/mol. The molecule has 136 valence electrons. The molecular weight excluding hydrogens is 398 g/mol. The minimum atomic E-state index is 0.256. The number of aromatic nitrogens is 2. The molecule has 3 rings (SSSR count). The van der Waals surface area contributed by atoms with E-state index < -0.39 is 0 Å². The van der Waals surface area contributed by atoms with Crippen LogP contribution >= 0.6 is 15.9 Å². The third-order valence-electron chi connectivity index (χ3n) is 3.71. The van der Waals surface area contributed by atoms with Gasteiger partial charge in [0.1, 0.15) is 11.5 Å². The van der Waals surface area contributed by atoms with Gasteiger partial charge in [0.2, 0.25) is 11.7 Å². The summed E-state index contributed by atoms with van der Waals surface area (Å²) in [5.74, 6) is 2.60. The minimum absolute atomic E-state index is 0.256. The average molecular weight is 418 g/mol. The summed E-state index contributed by atoms with van der Waals surface area (Å²) in [6.07, 6.45) is 0. The van der Waals surface area contributed by atoms with E-state index in [9.17, 15) is 0 Å². The van der Waals surface area contributed by atoms with Gasteiger partial charge < -0.3 is 14.0 Å². The van der Waals surface area contributed by atoms with Crippen molar-refractivity contribution in [1.29, 1.82) is 0 Å². The first-order valence-corrected chi connectivity index (χ1v) is 8.93. The number of halogens is 1. The summed E-state index contributed by atoms with van der Waals surface area (Å²) in [6, 6.07) is 15.6. The first kappa shape index (κ1) is 18.4. The Labute approximate surface area is 160 Å². The van der Waals surface area contributed by atoms with Crippen LogP contribution in [0.4, 0.5) is 0 Å². The molecule has 1 aromatic heterocycles.